The van der Waals surface area contributed by atoms with Crippen LogP contribution in [0.1, 0.15) is 33.6 Å². The van der Waals surface area contributed by atoms with Crippen LogP contribution < -0.4 is 5.32 Å². The van der Waals surface area contributed by atoms with Crippen LogP contribution in [0.5, 0.6) is 0 Å². The number of benzene rings is 2. The zero-order valence-electron chi connectivity index (χ0n) is 18.7. The lowest BCUT2D eigenvalue weighted by Gasteiger charge is -2.22. The van der Waals surface area contributed by atoms with E-state index >= 15 is 0 Å². The number of alkyl halides is 3. The SMILES string of the molecule is COC(=O)[C@@H]1C[C@@H](NC(=O)c2cc(C)nc3ccccc23)CN1Cc1cccc(C(F)(F)F)c1. The van der Waals surface area contributed by atoms with Gasteiger partial charge in [0.25, 0.3) is 5.91 Å². The van der Waals surface area contributed by atoms with Crippen molar-refractivity contribution >= 4 is 22.8 Å². The Kier molecular flexibility index (Phi) is 6.56. The first kappa shape index (κ1) is 23.7. The van der Waals surface area contributed by atoms with Gasteiger partial charge in [-0.2, -0.15) is 13.2 Å². The third-order valence-corrected chi connectivity index (χ3v) is 5.94. The summed E-state index contributed by atoms with van der Waals surface area (Å²) in [4.78, 5) is 31.7. The molecule has 1 amide bonds. The highest BCUT2D eigenvalue weighted by Gasteiger charge is 2.39. The van der Waals surface area contributed by atoms with Crippen molar-refractivity contribution in [2.45, 2.75) is 38.1 Å². The molecule has 1 aliphatic rings. The van der Waals surface area contributed by atoms with Gasteiger partial charge in [0, 0.05) is 30.2 Å². The Morgan fingerprint density at radius 3 is 2.65 bits per heavy atom. The molecular formula is C25H24F3N3O3. The van der Waals surface area contributed by atoms with Gasteiger partial charge in [0.15, 0.2) is 0 Å². The maximum absolute atomic E-state index is 13.1. The van der Waals surface area contributed by atoms with Gasteiger partial charge in [-0.05, 0) is 37.1 Å². The van der Waals surface area contributed by atoms with E-state index in [9.17, 15) is 22.8 Å². The third kappa shape index (κ3) is 5.04. The summed E-state index contributed by atoms with van der Waals surface area (Å²) in [7, 11) is 1.27. The van der Waals surface area contributed by atoms with Crippen LogP contribution in [0.4, 0.5) is 13.2 Å². The van der Waals surface area contributed by atoms with Gasteiger partial charge in [-0.1, -0.05) is 36.4 Å². The van der Waals surface area contributed by atoms with Crippen LogP contribution in [0.25, 0.3) is 10.9 Å². The lowest BCUT2D eigenvalue weighted by atomic mass is 10.1. The summed E-state index contributed by atoms with van der Waals surface area (Å²) in [6.07, 6.45) is -4.16. The second-order valence-corrected chi connectivity index (χ2v) is 8.40. The lowest BCUT2D eigenvalue weighted by Crippen LogP contribution is -2.38. The second kappa shape index (κ2) is 9.42. The first-order chi connectivity index (χ1) is 16.2. The molecule has 2 atom stereocenters. The van der Waals surface area contributed by atoms with Crippen molar-refractivity contribution in [1.29, 1.82) is 0 Å². The number of likely N-dealkylation sites (tertiary alicyclic amines) is 1. The molecule has 0 unspecified atom stereocenters. The van der Waals surface area contributed by atoms with E-state index in [2.05, 4.69) is 10.3 Å². The molecule has 9 heteroatoms. The fraction of sp³-hybridized carbons (Fsp3) is 0.320. The number of carbonyl (C=O) groups is 2. The lowest BCUT2D eigenvalue weighted by molar-refractivity contribution is -0.146. The Balaban J connectivity index is 1.54. The number of hydrogen-bond acceptors (Lipinski definition) is 5. The van der Waals surface area contributed by atoms with Crippen LogP contribution in [0.15, 0.2) is 54.6 Å². The highest BCUT2D eigenvalue weighted by molar-refractivity contribution is 6.06. The molecule has 34 heavy (non-hydrogen) atoms. The number of nitrogens with one attached hydrogen (secondary N) is 1. The number of aryl methyl sites for hydroxylation is 1. The number of aromatic nitrogens is 1. The maximum atomic E-state index is 13.1. The van der Waals surface area contributed by atoms with Gasteiger partial charge < -0.3 is 10.1 Å². The van der Waals surface area contributed by atoms with Crippen LogP contribution in [0.3, 0.4) is 0 Å². The van der Waals surface area contributed by atoms with Crippen LogP contribution in [-0.2, 0) is 22.3 Å². The zero-order chi connectivity index (χ0) is 24.5. The number of halogens is 3. The molecule has 3 aromatic rings. The molecule has 0 bridgehead atoms. The first-order valence-corrected chi connectivity index (χ1v) is 10.8. The van der Waals surface area contributed by atoms with E-state index in [1.54, 1.807) is 17.0 Å². The standard InChI is InChI=1S/C25H24F3N3O3/c1-15-10-20(19-8-3-4-9-21(19)29-15)23(32)30-18-12-22(24(33)34-2)31(14-18)13-16-6-5-7-17(11-16)25(26,27)28/h3-11,18,22H,12-14H2,1-2H3,(H,30,32)/t18-,22+/m1/s1. The Hall–Kier alpha value is -3.46. The van der Waals surface area contributed by atoms with Crippen molar-refractivity contribution in [3.05, 3.63) is 77.0 Å². The normalized spacial score (nSPS) is 18.7. The molecule has 1 fully saturated rings. The summed E-state index contributed by atoms with van der Waals surface area (Å²) in [5, 5.41) is 3.70. The van der Waals surface area contributed by atoms with E-state index in [1.165, 1.54) is 13.2 Å². The molecule has 1 saturated heterocycles. The molecule has 1 aliphatic heterocycles. The van der Waals surface area contributed by atoms with Gasteiger partial charge >= 0.3 is 12.1 Å². The fourth-order valence-electron chi connectivity index (χ4n) is 4.40. The number of nitrogens with zero attached hydrogens (tertiary/aromatic N) is 2. The topological polar surface area (TPSA) is 71.5 Å². The molecule has 2 heterocycles. The van der Waals surface area contributed by atoms with E-state index < -0.39 is 23.8 Å². The Labute approximate surface area is 194 Å². The highest BCUT2D eigenvalue weighted by Crippen LogP contribution is 2.30. The van der Waals surface area contributed by atoms with Crippen molar-refractivity contribution in [2.75, 3.05) is 13.7 Å². The van der Waals surface area contributed by atoms with Crippen molar-refractivity contribution < 1.29 is 27.5 Å². The Morgan fingerprint density at radius 2 is 1.91 bits per heavy atom. The van der Waals surface area contributed by atoms with E-state index in [4.69, 9.17) is 4.74 Å². The molecule has 0 saturated carbocycles. The number of methoxy groups -OCH3 is 1. The zero-order valence-corrected chi connectivity index (χ0v) is 18.7. The van der Waals surface area contributed by atoms with Crippen LogP contribution >= 0.6 is 0 Å². The summed E-state index contributed by atoms with van der Waals surface area (Å²) in [6, 6.07) is 13.0. The molecule has 1 N–H and O–H groups in total. The number of ether oxygens (including phenoxy) is 1. The van der Waals surface area contributed by atoms with Gasteiger partial charge in [0.2, 0.25) is 0 Å². The van der Waals surface area contributed by atoms with Crippen LogP contribution in [0, 0.1) is 6.92 Å². The molecule has 2 aromatic carbocycles. The van der Waals surface area contributed by atoms with Gasteiger partial charge in [-0.15, -0.1) is 0 Å². The Morgan fingerprint density at radius 1 is 1.15 bits per heavy atom. The molecule has 4 rings (SSSR count). The van der Waals surface area contributed by atoms with Crippen molar-refractivity contribution in [3.8, 4) is 0 Å². The number of pyridine rings is 1. The fourth-order valence-corrected chi connectivity index (χ4v) is 4.40. The molecule has 6 nitrogen and oxygen atoms in total. The predicted molar refractivity (Wildman–Crippen MR) is 120 cm³/mol. The summed E-state index contributed by atoms with van der Waals surface area (Å²) >= 11 is 0. The Bertz CT molecular complexity index is 1230. The van der Waals surface area contributed by atoms with Crippen molar-refractivity contribution in [2.24, 2.45) is 0 Å². The largest absolute Gasteiger partial charge is 0.468 e. The summed E-state index contributed by atoms with van der Waals surface area (Å²) in [6.45, 7) is 2.22. The third-order valence-electron chi connectivity index (χ3n) is 5.94. The molecule has 1 aromatic heterocycles. The number of fused-ring (bicyclic) bond motifs is 1. The summed E-state index contributed by atoms with van der Waals surface area (Å²) < 4.78 is 44.2. The molecule has 178 valence electrons. The second-order valence-electron chi connectivity index (χ2n) is 8.40. The van der Waals surface area contributed by atoms with Crippen molar-refractivity contribution in [1.82, 2.24) is 15.2 Å². The molecule has 0 radical (unpaired) electrons. The minimum absolute atomic E-state index is 0.118. The number of esters is 1. The minimum Gasteiger partial charge on any atom is -0.468 e. The van der Waals surface area contributed by atoms with E-state index in [-0.39, 0.29) is 18.5 Å². The quantitative estimate of drug-likeness (QED) is 0.568. The van der Waals surface area contributed by atoms with E-state index in [0.717, 1.165) is 12.1 Å². The minimum atomic E-state index is -4.45. The number of rotatable bonds is 5. The van der Waals surface area contributed by atoms with E-state index in [0.29, 0.717) is 40.7 Å². The number of carbonyl (C=O) groups excluding carboxylic acids is 2. The van der Waals surface area contributed by atoms with E-state index in [1.807, 2.05) is 31.2 Å². The number of amides is 1. The van der Waals surface area contributed by atoms with Gasteiger partial charge in [0.1, 0.15) is 6.04 Å². The van der Waals surface area contributed by atoms with Gasteiger partial charge in [0.05, 0.1) is 23.8 Å². The molecular weight excluding hydrogens is 447 g/mol. The average molecular weight is 471 g/mol. The van der Waals surface area contributed by atoms with Crippen molar-refractivity contribution in [3.63, 3.8) is 0 Å². The maximum Gasteiger partial charge on any atom is 0.416 e. The molecule has 0 aliphatic carbocycles. The highest BCUT2D eigenvalue weighted by atomic mass is 19.4. The van der Waals surface area contributed by atoms with Gasteiger partial charge in [-0.25, -0.2) is 0 Å². The average Bonchev–Trinajstić information content (AvgIpc) is 3.19. The monoisotopic (exact) mass is 471 g/mol. The van der Waals surface area contributed by atoms with Crippen LogP contribution in [-0.4, -0.2) is 47.5 Å². The smallest absolute Gasteiger partial charge is 0.416 e. The van der Waals surface area contributed by atoms with Crippen LogP contribution in [0.2, 0.25) is 0 Å². The number of hydrogen-bond donors (Lipinski definition) is 1. The number of para-hydroxylation sites is 1. The first-order valence-electron chi connectivity index (χ1n) is 10.8. The van der Waals surface area contributed by atoms with Gasteiger partial charge in [-0.3, -0.25) is 19.5 Å². The molecule has 0 spiro atoms. The summed E-state index contributed by atoms with van der Waals surface area (Å²) in [5.41, 5.74) is 1.57. The predicted octanol–water partition coefficient (Wildman–Crippen LogP) is 4.11. The summed E-state index contributed by atoms with van der Waals surface area (Å²) in [5.74, 6) is -0.787.